The molecule has 1 atom stereocenters. The number of rotatable bonds is 6. The van der Waals surface area contributed by atoms with Gasteiger partial charge in [0.1, 0.15) is 0 Å². The molecule has 0 aliphatic heterocycles. The first-order valence-corrected chi connectivity index (χ1v) is 7.11. The summed E-state index contributed by atoms with van der Waals surface area (Å²) in [6.07, 6.45) is 2.56. The summed E-state index contributed by atoms with van der Waals surface area (Å²) in [7, 11) is 1.90. The summed E-state index contributed by atoms with van der Waals surface area (Å²) >= 11 is 0. The van der Waals surface area contributed by atoms with E-state index in [4.69, 9.17) is 0 Å². The molecule has 0 aromatic heterocycles. The summed E-state index contributed by atoms with van der Waals surface area (Å²) < 4.78 is 0. The van der Waals surface area contributed by atoms with Crippen molar-refractivity contribution in [3.63, 3.8) is 0 Å². The molecule has 0 radical (unpaired) electrons. The molecule has 1 N–H and O–H groups in total. The predicted octanol–water partition coefficient (Wildman–Crippen LogP) is 2.51. The monoisotopic (exact) mass is 260 g/mol. The van der Waals surface area contributed by atoms with Gasteiger partial charge in [-0.1, -0.05) is 24.3 Å². The fourth-order valence-electron chi connectivity index (χ4n) is 2.35. The van der Waals surface area contributed by atoms with Crippen molar-refractivity contribution in [2.24, 2.45) is 5.92 Å². The molecule has 2 rings (SSSR count). The molecule has 1 saturated carbocycles. The maximum atomic E-state index is 12.0. The molecule has 0 saturated heterocycles. The minimum absolute atomic E-state index is 0.187. The van der Waals surface area contributed by atoms with E-state index < -0.39 is 0 Å². The van der Waals surface area contributed by atoms with Gasteiger partial charge in [-0.05, 0) is 43.7 Å². The smallest absolute Gasteiger partial charge is 0.236 e. The lowest BCUT2D eigenvalue weighted by Crippen LogP contribution is -2.37. The van der Waals surface area contributed by atoms with Gasteiger partial charge in [-0.2, -0.15) is 0 Å². The van der Waals surface area contributed by atoms with Crippen molar-refractivity contribution in [2.75, 3.05) is 20.1 Å². The van der Waals surface area contributed by atoms with Crippen LogP contribution in [0.1, 0.15) is 36.9 Å². The van der Waals surface area contributed by atoms with Crippen molar-refractivity contribution in [3.05, 3.63) is 35.4 Å². The average molecular weight is 260 g/mol. The second-order valence-corrected chi connectivity index (χ2v) is 5.68. The first-order chi connectivity index (χ1) is 9.08. The van der Waals surface area contributed by atoms with Crippen LogP contribution in [0.5, 0.6) is 0 Å². The maximum Gasteiger partial charge on any atom is 0.236 e. The first kappa shape index (κ1) is 14.1. The van der Waals surface area contributed by atoms with E-state index in [1.165, 1.54) is 24.0 Å². The fraction of sp³-hybridized carbons (Fsp3) is 0.562. The van der Waals surface area contributed by atoms with Crippen LogP contribution < -0.4 is 5.32 Å². The summed E-state index contributed by atoms with van der Waals surface area (Å²) in [5.41, 5.74) is 2.53. The maximum absolute atomic E-state index is 12.0. The van der Waals surface area contributed by atoms with E-state index in [-0.39, 0.29) is 11.9 Å². The molecular formula is C16H24N2O. The van der Waals surface area contributed by atoms with Gasteiger partial charge in [0.05, 0.1) is 6.54 Å². The molecule has 3 nitrogen and oxygen atoms in total. The molecule has 0 heterocycles. The third kappa shape index (κ3) is 4.06. The van der Waals surface area contributed by atoms with Gasteiger partial charge in [-0.25, -0.2) is 0 Å². The lowest BCUT2D eigenvalue weighted by atomic mass is 10.0. The standard InChI is InChI=1S/C16H24N2O/c1-12-6-4-5-7-15(12)13(2)17-10-16(19)18(3)11-14-8-9-14/h4-7,13-14,17H,8-11H2,1-3H3/t13-/m0/s1. The van der Waals surface area contributed by atoms with Gasteiger partial charge in [0.2, 0.25) is 5.91 Å². The highest BCUT2D eigenvalue weighted by atomic mass is 16.2. The van der Waals surface area contributed by atoms with E-state index in [2.05, 4.69) is 31.3 Å². The zero-order chi connectivity index (χ0) is 13.8. The van der Waals surface area contributed by atoms with E-state index in [1.54, 1.807) is 0 Å². The van der Waals surface area contributed by atoms with Gasteiger partial charge < -0.3 is 10.2 Å². The van der Waals surface area contributed by atoms with E-state index in [1.807, 2.05) is 24.1 Å². The molecule has 19 heavy (non-hydrogen) atoms. The molecule has 1 fully saturated rings. The largest absolute Gasteiger partial charge is 0.344 e. The number of benzene rings is 1. The van der Waals surface area contributed by atoms with Crippen molar-refractivity contribution in [3.8, 4) is 0 Å². The molecule has 104 valence electrons. The summed E-state index contributed by atoms with van der Waals surface area (Å²) in [6, 6.07) is 8.52. The Balaban J connectivity index is 1.80. The van der Waals surface area contributed by atoms with Crippen LogP contribution >= 0.6 is 0 Å². The van der Waals surface area contributed by atoms with Crippen LogP contribution in [0.4, 0.5) is 0 Å². The lowest BCUT2D eigenvalue weighted by molar-refractivity contribution is -0.129. The van der Waals surface area contributed by atoms with Crippen molar-refractivity contribution < 1.29 is 4.79 Å². The second kappa shape index (κ2) is 6.20. The van der Waals surface area contributed by atoms with Crippen LogP contribution in [0.15, 0.2) is 24.3 Å². The van der Waals surface area contributed by atoms with E-state index in [0.29, 0.717) is 6.54 Å². The van der Waals surface area contributed by atoms with Gasteiger partial charge in [0.25, 0.3) is 0 Å². The van der Waals surface area contributed by atoms with Crippen molar-refractivity contribution >= 4 is 5.91 Å². The number of nitrogens with one attached hydrogen (secondary N) is 1. The van der Waals surface area contributed by atoms with Gasteiger partial charge in [0, 0.05) is 19.6 Å². The molecule has 1 amide bonds. The minimum Gasteiger partial charge on any atom is -0.344 e. The number of carbonyl (C=O) groups excluding carboxylic acids is 1. The van der Waals surface area contributed by atoms with E-state index >= 15 is 0 Å². The Morgan fingerprint density at radius 1 is 1.42 bits per heavy atom. The van der Waals surface area contributed by atoms with Gasteiger partial charge in [-0.3, -0.25) is 4.79 Å². The SMILES string of the molecule is Cc1ccccc1[C@H](C)NCC(=O)N(C)CC1CC1. The Bertz CT molecular complexity index is 440. The minimum atomic E-state index is 0.187. The van der Waals surface area contributed by atoms with Gasteiger partial charge in [-0.15, -0.1) is 0 Å². The molecule has 0 bridgehead atoms. The van der Waals surface area contributed by atoms with Crippen molar-refractivity contribution in [1.82, 2.24) is 10.2 Å². The average Bonchev–Trinajstić information content (AvgIpc) is 3.20. The van der Waals surface area contributed by atoms with E-state index in [9.17, 15) is 4.79 Å². The molecule has 1 aromatic rings. The summed E-state index contributed by atoms with van der Waals surface area (Å²) in [6.45, 7) is 5.54. The molecule has 1 aliphatic carbocycles. The van der Waals surface area contributed by atoms with Crippen LogP contribution in [0, 0.1) is 12.8 Å². The van der Waals surface area contributed by atoms with Crippen LogP contribution in [-0.4, -0.2) is 30.9 Å². The Kier molecular flexibility index (Phi) is 4.59. The third-order valence-corrected chi connectivity index (χ3v) is 3.87. The fourth-order valence-corrected chi connectivity index (χ4v) is 2.35. The zero-order valence-electron chi connectivity index (χ0n) is 12.1. The molecule has 1 aromatic carbocycles. The quantitative estimate of drug-likeness (QED) is 0.852. The van der Waals surface area contributed by atoms with Crippen LogP contribution in [-0.2, 0) is 4.79 Å². The number of hydrogen-bond acceptors (Lipinski definition) is 2. The number of nitrogens with zero attached hydrogens (tertiary/aromatic N) is 1. The molecule has 3 heteroatoms. The van der Waals surface area contributed by atoms with Crippen LogP contribution in [0.25, 0.3) is 0 Å². The summed E-state index contributed by atoms with van der Waals surface area (Å²) in [4.78, 5) is 13.8. The third-order valence-electron chi connectivity index (χ3n) is 3.87. The Morgan fingerprint density at radius 3 is 2.74 bits per heavy atom. The summed E-state index contributed by atoms with van der Waals surface area (Å²) in [5, 5.41) is 3.32. The number of likely N-dealkylation sites (N-methyl/N-ethyl adjacent to an activating group) is 1. The highest BCUT2D eigenvalue weighted by molar-refractivity contribution is 5.78. The number of hydrogen-bond donors (Lipinski definition) is 1. The second-order valence-electron chi connectivity index (χ2n) is 5.68. The Morgan fingerprint density at radius 2 is 2.11 bits per heavy atom. The van der Waals surface area contributed by atoms with Crippen LogP contribution in [0.2, 0.25) is 0 Å². The zero-order valence-corrected chi connectivity index (χ0v) is 12.1. The lowest BCUT2D eigenvalue weighted by Gasteiger charge is -2.20. The van der Waals surface area contributed by atoms with Crippen molar-refractivity contribution in [1.29, 1.82) is 0 Å². The number of aryl methyl sites for hydroxylation is 1. The highest BCUT2D eigenvalue weighted by Crippen LogP contribution is 2.29. The van der Waals surface area contributed by atoms with Crippen LogP contribution in [0.3, 0.4) is 0 Å². The molecule has 0 spiro atoms. The predicted molar refractivity (Wildman–Crippen MR) is 78.0 cm³/mol. The number of carbonyl (C=O) groups is 1. The van der Waals surface area contributed by atoms with E-state index in [0.717, 1.165) is 12.5 Å². The Hall–Kier alpha value is -1.35. The Labute approximate surface area is 116 Å². The number of amides is 1. The normalized spacial score (nSPS) is 16.2. The summed E-state index contributed by atoms with van der Waals surface area (Å²) in [5.74, 6) is 0.940. The molecule has 1 aliphatic rings. The first-order valence-electron chi connectivity index (χ1n) is 7.11. The van der Waals surface area contributed by atoms with Gasteiger partial charge in [0.15, 0.2) is 0 Å². The topological polar surface area (TPSA) is 32.3 Å². The molecular weight excluding hydrogens is 236 g/mol. The highest BCUT2D eigenvalue weighted by Gasteiger charge is 2.24. The van der Waals surface area contributed by atoms with Gasteiger partial charge >= 0.3 is 0 Å². The molecule has 0 unspecified atom stereocenters. The van der Waals surface area contributed by atoms with Crippen molar-refractivity contribution in [2.45, 2.75) is 32.7 Å².